The molecule has 0 aliphatic heterocycles. The van der Waals surface area contributed by atoms with Crippen LogP contribution >= 0.6 is 11.6 Å². The van der Waals surface area contributed by atoms with E-state index in [9.17, 15) is 4.39 Å². The molecule has 0 spiro atoms. The maximum atomic E-state index is 13.8. The van der Waals surface area contributed by atoms with Crippen molar-refractivity contribution >= 4 is 11.6 Å². The molecule has 1 rings (SSSR count). The molecule has 0 saturated heterocycles. The SMILES string of the molecule is CN(C)CCNC(CN)c1cccc(Cl)c1F. The van der Waals surface area contributed by atoms with E-state index in [1.165, 1.54) is 6.07 Å². The lowest BCUT2D eigenvalue weighted by Gasteiger charge is -2.19. The highest BCUT2D eigenvalue weighted by molar-refractivity contribution is 6.30. The van der Waals surface area contributed by atoms with Crippen molar-refractivity contribution in [3.63, 3.8) is 0 Å². The van der Waals surface area contributed by atoms with Crippen LogP contribution in [0.4, 0.5) is 4.39 Å². The Balaban J connectivity index is 2.69. The van der Waals surface area contributed by atoms with E-state index in [0.717, 1.165) is 13.1 Å². The van der Waals surface area contributed by atoms with Gasteiger partial charge in [0, 0.05) is 31.2 Å². The summed E-state index contributed by atoms with van der Waals surface area (Å²) in [5, 5.41) is 3.35. The highest BCUT2D eigenvalue weighted by Gasteiger charge is 2.15. The molecule has 0 saturated carbocycles. The van der Waals surface area contributed by atoms with Gasteiger partial charge in [-0.25, -0.2) is 4.39 Å². The molecular weight excluding hydrogens is 241 g/mol. The van der Waals surface area contributed by atoms with E-state index < -0.39 is 0 Å². The molecule has 0 fully saturated rings. The van der Waals surface area contributed by atoms with Gasteiger partial charge >= 0.3 is 0 Å². The van der Waals surface area contributed by atoms with E-state index in [4.69, 9.17) is 17.3 Å². The second kappa shape index (κ2) is 6.91. The van der Waals surface area contributed by atoms with Gasteiger partial charge in [0.1, 0.15) is 5.82 Å². The van der Waals surface area contributed by atoms with Gasteiger partial charge in [0.05, 0.1) is 5.02 Å². The van der Waals surface area contributed by atoms with Crippen LogP contribution in [0.1, 0.15) is 11.6 Å². The van der Waals surface area contributed by atoms with Crippen LogP contribution in [0.2, 0.25) is 5.02 Å². The van der Waals surface area contributed by atoms with Gasteiger partial charge in [0.15, 0.2) is 0 Å². The fourth-order valence-electron chi connectivity index (χ4n) is 1.57. The van der Waals surface area contributed by atoms with Crippen molar-refractivity contribution in [1.82, 2.24) is 10.2 Å². The zero-order valence-corrected chi connectivity index (χ0v) is 11.0. The summed E-state index contributed by atoms with van der Waals surface area (Å²) in [6.45, 7) is 1.96. The third-order valence-electron chi connectivity index (χ3n) is 2.54. The average molecular weight is 260 g/mol. The molecule has 3 nitrogen and oxygen atoms in total. The molecular formula is C12H19ClFN3. The van der Waals surface area contributed by atoms with E-state index in [2.05, 4.69) is 10.2 Å². The summed E-state index contributed by atoms with van der Waals surface area (Å²) in [6.07, 6.45) is 0. The summed E-state index contributed by atoms with van der Waals surface area (Å²) in [5.74, 6) is -0.387. The summed E-state index contributed by atoms with van der Waals surface area (Å²) in [6, 6.07) is 4.78. The van der Waals surface area contributed by atoms with Crippen molar-refractivity contribution in [2.75, 3.05) is 33.7 Å². The van der Waals surface area contributed by atoms with Gasteiger partial charge in [-0.05, 0) is 20.2 Å². The first-order valence-corrected chi connectivity index (χ1v) is 5.96. The fourth-order valence-corrected chi connectivity index (χ4v) is 1.75. The number of nitrogens with two attached hydrogens (primary N) is 1. The normalized spacial score (nSPS) is 13.1. The van der Waals surface area contributed by atoms with E-state index in [0.29, 0.717) is 12.1 Å². The third-order valence-corrected chi connectivity index (χ3v) is 2.83. The average Bonchev–Trinajstić information content (AvgIpc) is 2.28. The zero-order chi connectivity index (χ0) is 12.8. The number of benzene rings is 1. The van der Waals surface area contributed by atoms with Crippen LogP contribution in [-0.4, -0.2) is 38.6 Å². The van der Waals surface area contributed by atoms with Gasteiger partial charge in [0.25, 0.3) is 0 Å². The molecule has 1 atom stereocenters. The molecule has 1 aromatic rings. The molecule has 1 aromatic carbocycles. The second-order valence-electron chi connectivity index (χ2n) is 4.19. The maximum absolute atomic E-state index is 13.8. The lowest BCUT2D eigenvalue weighted by atomic mass is 10.1. The monoisotopic (exact) mass is 259 g/mol. The minimum absolute atomic E-state index is 0.135. The van der Waals surface area contributed by atoms with Crippen LogP contribution in [-0.2, 0) is 0 Å². The van der Waals surface area contributed by atoms with Crippen molar-refractivity contribution in [2.45, 2.75) is 6.04 Å². The molecule has 3 N–H and O–H groups in total. The number of rotatable bonds is 6. The summed E-state index contributed by atoms with van der Waals surface area (Å²) in [7, 11) is 3.97. The molecule has 5 heteroatoms. The highest BCUT2D eigenvalue weighted by atomic mass is 35.5. The largest absolute Gasteiger partial charge is 0.329 e. The van der Waals surface area contributed by atoms with Crippen LogP contribution in [0.15, 0.2) is 18.2 Å². The van der Waals surface area contributed by atoms with Crippen LogP contribution in [0, 0.1) is 5.82 Å². The minimum Gasteiger partial charge on any atom is -0.329 e. The smallest absolute Gasteiger partial charge is 0.146 e. The maximum Gasteiger partial charge on any atom is 0.146 e. The summed E-state index contributed by atoms with van der Waals surface area (Å²) in [5.41, 5.74) is 6.18. The van der Waals surface area contributed by atoms with Gasteiger partial charge in [0.2, 0.25) is 0 Å². The Morgan fingerprint density at radius 1 is 1.47 bits per heavy atom. The Hall–Kier alpha value is -0.680. The van der Waals surface area contributed by atoms with Crippen LogP contribution in [0.5, 0.6) is 0 Å². The highest BCUT2D eigenvalue weighted by Crippen LogP contribution is 2.22. The van der Waals surface area contributed by atoms with E-state index in [-0.39, 0.29) is 16.9 Å². The van der Waals surface area contributed by atoms with Crippen molar-refractivity contribution in [3.05, 3.63) is 34.6 Å². The molecule has 0 bridgehead atoms. The topological polar surface area (TPSA) is 41.3 Å². The molecule has 1 unspecified atom stereocenters. The number of nitrogens with zero attached hydrogens (tertiary/aromatic N) is 1. The summed E-state index contributed by atoms with van der Waals surface area (Å²) < 4.78 is 13.8. The van der Waals surface area contributed by atoms with Crippen molar-refractivity contribution in [1.29, 1.82) is 0 Å². The van der Waals surface area contributed by atoms with Gasteiger partial charge in [-0.1, -0.05) is 23.7 Å². The Labute approximate surface area is 107 Å². The Morgan fingerprint density at radius 3 is 2.76 bits per heavy atom. The first-order valence-electron chi connectivity index (χ1n) is 5.58. The van der Waals surface area contributed by atoms with Crippen molar-refractivity contribution < 1.29 is 4.39 Å². The predicted molar refractivity (Wildman–Crippen MR) is 69.8 cm³/mol. The Kier molecular flexibility index (Phi) is 5.85. The first kappa shape index (κ1) is 14.4. The van der Waals surface area contributed by atoms with Gasteiger partial charge in [-0.15, -0.1) is 0 Å². The Morgan fingerprint density at radius 2 is 2.18 bits per heavy atom. The standard InChI is InChI=1S/C12H19ClFN3/c1-17(2)7-6-16-11(8-15)9-4-3-5-10(13)12(9)14/h3-5,11,16H,6-8,15H2,1-2H3. The lowest BCUT2D eigenvalue weighted by molar-refractivity contribution is 0.383. The number of hydrogen-bond donors (Lipinski definition) is 2. The number of likely N-dealkylation sites (N-methyl/N-ethyl adjacent to an activating group) is 1. The fraction of sp³-hybridized carbons (Fsp3) is 0.500. The van der Waals surface area contributed by atoms with Crippen LogP contribution in [0.25, 0.3) is 0 Å². The molecule has 0 aliphatic carbocycles. The molecule has 0 heterocycles. The lowest BCUT2D eigenvalue weighted by Crippen LogP contribution is -2.34. The molecule has 0 aromatic heterocycles. The van der Waals surface area contributed by atoms with Gasteiger partial charge in [-0.2, -0.15) is 0 Å². The number of halogens is 2. The second-order valence-corrected chi connectivity index (χ2v) is 4.60. The molecule has 0 radical (unpaired) electrons. The summed E-state index contributed by atoms with van der Waals surface area (Å²) >= 11 is 5.75. The molecule has 0 aliphatic rings. The minimum atomic E-state index is -0.387. The summed E-state index contributed by atoms with van der Waals surface area (Å²) in [4.78, 5) is 2.05. The number of hydrogen-bond acceptors (Lipinski definition) is 3. The quantitative estimate of drug-likeness (QED) is 0.816. The van der Waals surface area contributed by atoms with E-state index in [1.54, 1.807) is 12.1 Å². The molecule has 96 valence electrons. The predicted octanol–water partition coefficient (Wildman–Crippen LogP) is 1.63. The Bertz CT molecular complexity index is 358. The van der Waals surface area contributed by atoms with Crippen LogP contribution in [0.3, 0.4) is 0 Å². The van der Waals surface area contributed by atoms with Crippen molar-refractivity contribution in [2.24, 2.45) is 5.73 Å². The van der Waals surface area contributed by atoms with Gasteiger partial charge in [-0.3, -0.25) is 0 Å². The molecule has 0 amide bonds. The molecule has 17 heavy (non-hydrogen) atoms. The third kappa shape index (κ3) is 4.24. The van der Waals surface area contributed by atoms with Crippen LogP contribution < -0.4 is 11.1 Å². The number of nitrogens with one attached hydrogen (secondary N) is 1. The first-order chi connectivity index (χ1) is 8.06. The van der Waals surface area contributed by atoms with E-state index >= 15 is 0 Å². The van der Waals surface area contributed by atoms with Gasteiger partial charge < -0.3 is 16.0 Å². The zero-order valence-electron chi connectivity index (χ0n) is 10.2. The van der Waals surface area contributed by atoms with Crippen molar-refractivity contribution in [3.8, 4) is 0 Å². The van der Waals surface area contributed by atoms with E-state index in [1.807, 2.05) is 14.1 Å².